The van der Waals surface area contributed by atoms with Crippen molar-refractivity contribution in [3.8, 4) is 0 Å². The van der Waals surface area contributed by atoms with Crippen molar-refractivity contribution in [1.82, 2.24) is 0 Å². The van der Waals surface area contributed by atoms with Crippen molar-refractivity contribution >= 4 is 66.4 Å². The van der Waals surface area contributed by atoms with E-state index >= 15 is 0 Å². The Kier molecular flexibility index (Phi) is 29.5. The minimum atomic E-state index is 1.11. The topological polar surface area (TPSA) is 19.4 Å². The molecule has 0 unspecified atom stereocenters. The molecule has 0 bridgehead atoms. The fraction of sp³-hybridized carbons (Fsp3) is 0.727. The summed E-state index contributed by atoms with van der Waals surface area (Å²) in [6.45, 7) is 41.9. The van der Waals surface area contributed by atoms with Crippen molar-refractivity contribution in [2.75, 3.05) is 108 Å². The molecule has 0 aliphatic heterocycles. The maximum atomic E-state index is 2.83. The Morgan fingerprint density at radius 3 is 0.361 bits per heavy atom. The van der Waals surface area contributed by atoms with Crippen LogP contribution in [-0.2, 0) is 0 Å². The molecular weight excluding hydrogens is 877 g/mol. The molecule has 0 spiro atoms. The first-order valence-electron chi connectivity index (χ1n) is 31.3. The van der Waals surface area contributed by atoms with Crippen LogP contribution in [0.2, 0.25) is 0 Å². The van der Waals surface area contributed by atoms with Gasteiger partial charge in [0.25, 0.3) is 0 Å². The molecule has 6 heteroatoms. The lowest BCUT2D eigenvalue weighted by atomic mass is 9.90. The Morgan fingerprint density at radius 2 is 0.278 bits per heavy atom. The minimum Gasteiger partial charge on any atom is -0.370 e. The molecule has 0 fully saturated rings. The van der Waals surface area contributed by atoms with Gasteiger partial charge in [0.2, 0.25) is 0 Å². The van der Waals surface area contributed by atoms with Gasteiger partial charge in [-0.1, -0.05) is 160 Å². The molecule has 0 aliphatic rings. The SMILES string of the molecule is CCCCN(CCCC)c1cc2c3cc(N(CCCC)CCCC)c(N(CCCC)CCCC)cc3c3cc(N(CCCC)CCCC)c(N(CCCC)CCCC)cc3c2cc1N(CCCC)CCCC. The molecule has 4 aromatic carbocycles. The Bertz CT molecular complexity index is 1620. The monoisotopic (exact) mass is 991 g/mol. The number of unbranched alkanes of at least 4 members (excludes halogenated alkanes) is 12. The molecule has 0 N–H and O–H groups in total. The number of rotatable bonds is 42. The van der Waals surface area contributed by atoms with Crippen molar-refractivity contribution < 1.29 is 0 Å². The fourth-order valence-corrected chi connectivity index (χ4v) is 10.9. The second kappa shape index (κ2) is 34.9. The Hall–Kier alpha value is -3.54. The highest BCUT2D eigenvalue weighted by Crippen LogP contribution is 2.48. The maximum absolute atomic E-state index is 2.83. The van der Waals surface area contributed by atoms with Crippen LogP contribution in [0.3, 0.4) is 0 Å². The third kappa shape index (κ3) is 17.3. The van der Waals surface area contributed by atoms with Crippen LogP contribution in [0.5, 0.6) is 0 Å². The van der Waals surface area contributed by atoms with Gasteiger partial charge in [0.15, 0.2) is 0 Å². The van der Waals surface area contributed by atoms with Crippen LogP contribution < -0.4 is 29.4 Å². The summed E-state index contributed by atoms with van der Waals surface area (Å²) in [6.07, 6.45) is 29.2. The normalized spacial score (nSPS) is 11.7. The Labute approximate surface area is 446 Å². The fourth-order valence-electron chi connectivity index (χ4n) is 10.9. The van der Waals surface area contributed by atoms with Crippen LogP contribution in [0, 0.1) is 0 Å². The summed E-state index contributed by atoms with van der Waals surface area (Å²) in [7, 11) is 0. The predicted molar refractivity (Wildman–Crippen MR) is 331 cm³/mol. The molecule has 0 radical (unpaired) electrons. The first-order chi connectivity index (χ1) is 35.3. The number of fused-ring (bicyclic) bond motifs is 6. The highest BCUT2D eigenvalue weighted by molar-refractivity contribution is 6.29. The lowest BCUT2D eigenvalue weighted by Gasteiger charge is -2.36. The number of anilines is 6. The highest BCUT2D eigenvalue weighted by Gasteiger charge is 2.26. The van der Waals surface area contributed by atoms with Crippen molar-refractivity contribution in [3.63, 3.8) is 0 Å². The molecule has 72 heavy (non-hydrogen) atoms. The van der Waals surface area contributed by atoms with Gasteiger partial charge in [-0.3, -0.25) is 0 Å². The van der Waals surface area contributed by atoms with Crippen molar-refractivity contribution in [3.05, 3.63) is 36.4 Å². The van der Waals surface area contributed by atoms with Gasteiger partial charge in [-0.05, 0) is 146 Å². The van der Waals surface area contributed by atoms with Crippen LogP contribution in [0.15, 0.2) is 36.4 Å². The zero-order valence-electron chi connectivity index (χ0n) is 49.6. The van der Waals surface area contributed by atoms with Crippen molar-refractivity contribution in [2.24, 2.45) is 0 Å². The molecule has 0 amide bonds. The van der Waals surface area contributed by atoms with E-state index in [0.29, 0.717) is 0 Å². The van der Waals surface area contributed by atoms with Crippen LogP contribution in [0.1, 0.15) is 237 Å². The Morgan fingerprint density at radius 1 is 0.181 bits per heavy atom. The highest BCUT2D eigenvalue weighted by atomic mass is 15.2. The average Bonchev–Trinajstić information content (AvgIpc) is 3.40. The molecule has 0 heterocycles. The predicted octanol–water partition coefficient (Wildman–Crippen LogP) is 19.6. The van der Waals surface area contributed by atoms with E-state index in [-0.39, 0.29) is 0 Å². The van der Waals surface area contributed by atoms with Crippen molar-refractivity contribution in [2.45, 2.75) is 237 Å². The summed E-state index contributed by atoms with van der Waals surface area (Å²) in [5.74, 6) is 0. The molecule has 408 valence electrons. The molecule has 0 saturated heterocycles. The third-order valence-electron chi connectivity index (χ3n) is 15.6. The zero-order chi connectivity index (χ0) is 52.1. The maximum Gasteiger partial charge on any atom is 0.0610 e. The zero-order valence-corrected chi connectivity index (χ0v) is 49.6. The largest absolute Gasteiger partial charge is 0.370 e. The number of hydrogen-bond acceptors (Lipinski definition) is 6. The van der Waals surface area contributed by atoms with E-state index in [0.717, 1.165) is 78.5 Å². The minimum absolute atomic E-state index is 1.11. The van der Waals surface area contributed by atoms with E-state index < -0.39 is 0 Å². The summed E-state index contributed by atoms with van der Waals surface area (Å²) in [6, 6.07) is 16.5. The third-order valence-corrected chi connectivity index (χ3v) is 15.6. The van der Waals surface area contributed by atoms with E-state index in [4.69, 9.17) is 0 Å². The van der Waals surface area contributed by atoms with Gasteiger partial charge in [0.1, 0.15) is 0 Å². The van der Waals surface area contributed by atoms with Crippen LogP contribution in [-0.4, -0.2) is 78.5 Å². The summed E-state index contributed by atoms with van der Waals surface area (Å²) in [5, 5.41) is 8.72. The van der Waals surface area contributed by atoms with Crippen LogP contribution >= 0.6 is 0 Å². The van der Waals surface area contributed by atoms with E-state index in [2.05, 4.69) is 149 Å². The average molecular weight is 992 g/mol. The summed E-state index contributed by atoms with van der Waals surface area (Å²) < 4.78 is 0. The smallest absolute Gasteiger partial charge is 0.0610 e. The first kappa shape index (κ1) is 61.0. The molecule has 4 rings (SSSR count). The molecule has 0 saturated carbocycles. The van der Waals surface area contributed by atoms with Crippen LogP contribution in [0.25, 0.3) is 32.3 Å². The van der Waals surface area contributed by atoms with Gasteiger partial charge in [-0.2, -0.15) is 0 Å². The van der Waals surface area contributed by atoms with Gasteiger partial charge < -0.3 is 29.4 Å². The number of benzene rings is 4. The van der Waals surface area contributed by atoms with Crippen molar-refractivity contribution in [1.29, 1.82) is 0 Å². The van der Waals surface area contributed by atoms with Gasteiger partial charge >= 0.3 is 0 Å². The van der Waals surface area contributed by atoms with E-state index in [9.17, 15) is 0 Å². The molecule has 4 aromatic rings. The summed E-state index contributed by atoms with van der Waals surface area (Å²) >= 11 is 0. The van der Waals surface area contributed by atoms with E-state index in [1.165, 1.54) is 221 Å². The lowest BCUT2D eigenvalue weighted by molar-refractivity contribution is 0.662. The lowest BCUT2D eigenvalue weighted by Crippen LogP contribution is -2.32. The van der Waals surface area contributed by atoms with Gasteiger partial charge in [0.05, 0.1) is 34.1 Å². The molecule has 0 atom stereocenters. The second-order valence-electron chi connectivity index (χ2n) is 21.8. The quantitative estimate of drug-likeness (QED) is 0.0409. The van der Waals surface area contributed by atoms with E-state index in [1.54, 1.807) is 0 Å². The number of nitrogens with zero attached hydrogens (tertiary/aromatic N) is 6. The first-order valence-corrected chi connectivity index (χ1v) is 31.3. The molecule has 0 aliphatic carbocycles. The standard InChI is InChI=1S/C66H114N6/c1-13-25-37-67(38-26-14-2)61-49-55-56(50-62(61)68(39-27-15-3)40-28-16-4)58-52-64(70(43-31-19-7)44-32-20-8)66(72(47-35-23-11)48-36-24-12)54-60(58)59-53-65(71(45-33-21-9)46-34-22-10)63(51-57(55)59)69(41-29-17-5)42-30-18-6/h49-54H,13-48H2,1-12H3. The molecular formula is C66H114N6. The molecule has 6 nitrogen and oxygen atoms in total. The number of hydrogen-bond donors (Lipinski definition) is 0. The van der Waals surface area contributed by atoms with Gasteiger partial charge in [-0.15, -0.1) is 0 Å². The molecule has 0 aromatic heterocycles. The second-order valence-corrected chi connectivity index (χ2v) is 21.8. The summed E-state index contributed by atoms with van der Waals surface area (Å²) in [5.41, 5.74) is 8.83. The summed E-state index contributed by atoms with van der Waals surface area (Å²) in [4.78, 5) is 17.0. The van der Waals surface area contributed by atoms with Crippen LogP contribution in [0.4, 0.5) is 34.1 Å². The van der Waals surface area contributed by atoms with Gasteiger partial charge in [-0.25, -0.2) is 0 Å². The van der Waals surface area contributed by atoms with E-state index in [1.807, 2.05) is 0 Å². The van der Waals surface area contributed by atoms with Gasteiger partial charge in [0, 0.05) is 78.5 Å². The Balaban J connectivity index is 2.46.